The van der Waals surface area contributed by atoms with E-state index in [4.69, 9.17) is 0 Å². The lowest BCUT2D eigenvalue weighted by molar-refractivity contribution is -0.123. The van der Waals surface area contributed by atoms with Gasteiger partial charge in [-0.2, -0.15) is 10.2 Å². The van der Waals surface area contributed by atoms with Crippen LogP contribution in [0.1, 0.15) is 36.8 Å². The molecule has 8 heteroatoms. The van der Waals surface area contributed by atoms with Crippen LogP contribution in [0.4, 0.5) is 8.78 Å². The van der Waals surface area contributed by atoms with E-state index < -0.39 is 11.6 Å². The highest BCUT2D eigenvalue weighted by molar-refractivity contribution is 5.83. The molecule has 28 heavy (non-hydrogen) atoms. The van der Waals surface area contributed by atoms with E-state index in [1.165, 1.54) is 36.7 Å². The molecule has 0 heterocycles. The first-order valence-electron chi connectivity index (χ1n) is 8.69. The average molecular weight is 386 g/mol. The van der Waals surface area contributed by atoms with Gasteiger partial charge in [-0.1, -0.05) is 36.4 Å². The van der Waals surface area contributed by atoms with Crippen LogP contribution < -0.4 is 10.9 Å². The summed E-state index contributed by atoms with van der Waals surface area (Å²) in [6.45, 7) is 0. The number of benzene rings is 2. The molecule has 0 atom stereocenters. The number of unbranched alkanes of at least 4 members (excludes halogenated alkanes) is 1. The fourth-order valence-corrected chi connectivity index (χ4v) is 2.19. The van der Waals surface area contributed by atoms with Crippen molar-refractivity contribution in [1.29, 1.82) is 0 Å². The van der Waals surface area contributed by atoms with Gasteiger partial charge in [-0.25, -0.2) is 19.6 Å². The van der Waals surface area contributed by atoms with E-state index in [-0.39, 0.29) is 35.8 Å². The van der Waals surface area contributed by atoms with Crippen molar-refractivity contribution in [3.05, 3.63) is 71.3 Å². The lowest BCUT2D eigenvalue weighted by Crippen LogP contribution is -2.19. The Morgan fingerprint density at radius 1 is 0.750 bits per heavy atom. The molecular formula is C20H20F2N4O2. The molecule has 0 radical (unpaired) electrons. The summed E-state index contributed by atoms with van der Waals surface area (Å²) in [4.78, 5) is 23.3. The number of carbonyl (C=O) groups excluding carboxylic acids is 2. The zero-order valence-corrected chi connectivity index (χ0v) is 15.1. The van der Waals surface area contributed by atoms with Gasteiger partial charge in [0.25, 0.3) is 0 Å². The molecular weight excluding hydrogens is 366 g/mol. The van der Waals surface area contributed by atoms with Gasteiger partial charge < -0.3 is 0 Å². The van der Waals surface area contributed by atoms with Crippen molar-refractivity contribution in [3.8, 4) is 0 Å². The van der Waals surface area contributed by atoms with Gasteiger partial charge in [0.05, 0.1) is 12.4 Å². The van der Waals surface area contributed by atoms with E-state index in [1.807, 2.05) is 0 Å². The smallest absolute Gasteiger partial charge is 0.240 e. The number of nitrogens with zero attached hydrogens (tertiary/aromatic N) is 2. The number of carbonyl (C=O) groups is 2. The van der Waals surface area contributed by atoms with Crippen LogP contribution in [0.2, 0.25) is 0 Å². The van der Waals surface area contributed by atoms with Crippen molar-refractivity contribution >= 4 is 24.2 Å². The van der Waals surface area contributed by atoms with Crippen LogP contribution in [-0.4, -0.2) is 24.2 Å². The van der Waals surface area contributed by atoms with Crippen LogP contribution in [0.15, 0.2) is 58.7 Å². The molecule has 0 saturated carbocycles. The molecule has 0 aliphatic carbocycles. The quantitative estimate of drug-likeness (QED) is 0.394. The maximum Gasteiger partial charge on any atom is 0.240 e. The van der Waals surface area contributed by atoms with Gasteiger partial charge in [-0.15, -0.1) is 0 Å². The van der Waals surface area contributed by atoms with Crippen molar-refractivity contribution in [2.24, 2.45) is 10.2 Å². The van der Waals surface area contributed by atoms with E-state index in [1.54, 1.807) is 24.3 Å². The summed E-state index contributed by atoms with van der Waals surface area (Å²) in [7, 11) is 0. The van der Waals surface area contributed by atoms with Gasteiger partial charge in [0.1, 0.15) is 11.6 Å². The van der Waals surface area contributed by atoms with E-state index >= 15 is 0 Å². The maximum absolute atomic E-state index is 13.4. The third-order valence-electron chi connectivity index (χ3n) is 3.65. The number of hydrogen-bond donors (Lipinski definition) is 2. The molecule has 0 saturated heterocycles. The Labute approximate surface area is 161 Å². The minimum atomic E-state index is -0.427. The van der Waals surface area contributed by atoms with Crippen molar-refractivity contribution in [2.75, 3.05) is 0 Å². The third kappa shape index (κ3) is 7.45. The first kappa shape index (κ1) is 20.9. The molecule has 2 rings (SSSR count). The van der Waals surface area contributed by atoms with Gasteiger partial charge in [-0.05, 0) is 25.0 Å². The van der Waals surface area contributed by atoms with E-state index in [0.29, 0.717) is 12.8 Å². The largest absolute Gasteiger partial charge is 0.273 e. The molecule has 6 nitrogen and oxygen atoms in total. The van der Waals surface area contributed by atoms with Gasteiger partial charge in [-0.3, -0.25) is 9.59 Å². The molecule has 0 spiro atoms. The minimum Gasteiger partial charge on any atom is -0.273 e. The monoisotopic (exact) mass is 386 g/mol. The number of halogens is 2. The van der Waals surface area contributed by atoms with Crippen LogP contribution in [0.25, 0.3) is 0 Å². The Kier molecular flexibility index (Phi) is 8.45. The topological polar surface area (TPSA) is 82.9 Å². The van der Waals surface area contributed by atoms with Crippen LogP contribution in [0.3, 0.4) is 0 Å². The third-order valence-corrected chi connectivity index (χ3v) is 3.65. The maximum atomic E-state index is 13.4. The zero-order valence-electron chi connectivity index (χ0n) is 15.1. The Hall–Kier alpha value is -3.42. The van der Waals surface area contributed by atoms with Crippen molar-refractivity contribution < 1.29 is 18.4 Å². The van der Waals surface area contributed by atoms with Crippen molar-refractivity contribution in [3.63, 3.8) is 0 Å². The van der Waals surface area contributed by atoms with Crippen LogP contribution >= 0.6 is 0 Å². The molecule has 0 fully saturated rings. The highest BCUT2D eigenvalue weighted by atomic mass is 19.1. The molecule has 146 valence electrons. The fourth-order valence-electron chi connectivity index (χ4n) is 2.19. The second-order valence-electron chi connectivity index (χ2n) is 5.84. The summed E-state index contributed by atoms with van der Waals surface area (Å²) in [6, 6.07) is 12.1. The van der Waals surface area contributed by atoms with E-state index in [0.717, 1.165) is 0 Å². The SMILES string of the molecule is O=C(CCCCC(=O)NN=Cc1ccccc1F)NN=Cc1ccccc1F. The van der Waals surface area contributed by atoms with Crippen LogP contribution in [-0.2, 0) is 9.59 Å². The Morgan fingerprint density at radius 2 is 1.14 bits per heavy atom. The molecule has 2 amide bonds. The lowest BCUT2D eigenvalue weighted by Gasteiger charge is -2.01. The number of amides is 2. The minimum absolute atomic E-state index is 0.181. The number of hydrogen-bond acceptors (Lipinski definition) is 4. The molecule has 0 aliphatic rings. The summed E-state index contributed by atoms with van der Waals surface area (Å²) < 4.78 is 26.7. The number of rotatable bonds is 9. The molecule has 2 aromatic rings. The normalized spacial score (nSPS) is 11.1. The van der Waals surface area contributed by atoms with Crippen molar-refractivity contribution in [2.45, 2.75) is 25.7 Å². The fraction of sp³-hybridized carbons (Fsp3) is 0.200. The summed E-state index contributed by atoms with van der Waals surface area (Å²) in [5.74, 6) is -1.51. The number of hydrazone groups is 2. The van der Waals surface area contributed by atoms with Crippen LogP contribution in [0, 0.1) is 11.6 Å². The number of nitrogens with one attached hydrogen (secondary N) is 2. The molecule has 2 aromatic carbocycles. The second-order valence-corrected chi connectivity index (χ2v) is 5.84. The summed E-state index contributed by atoms with van der Waals surface area (Å²) >= 11 is 0. The molecule has 0 unspecified atom stereocenters. The van der Waals surface area contributed by atoms with E-state index in [2.05, 4.69) is 21.1 Å². The molecule has 0 aromatic heterocycles. The van der Waals surface area contributed by atoms with Crippen LogP contribution in [0.5, 0.6) is 0 Å². The predicted molar refractivity (Wildman–Crippen MR) is 103 cm³/mol. The molecule has 0 bridgehead atoms. The predicted octanol–water partition coefficient (Wildman–Crippen LogP) is 3.13. The summed E-state index contributed by atoms with van der Waals surface area (Å²) in [5.41, 5.74) is 5.16. The Bertz CT molecular complexity index is 797. The Balaban J connectivity index is 1.60. The zero-order chi connectivity index (χ0) is 20.2. The van der Waals surface area contributed by atoms with Gasteiger partial charge in [0.2, 0.25) is 11.8 Å². The summed E-state index contributed by atoms with van der Waals surface area (Å²) in [5, 5.41) is 7.40. The van der Waals surface area contributed by atoms with E-state index in [9.17, 15) is 18.4 Å². The van der Waals surface area contributed by atoms with Gasteiger partial charge in [0.15, 0.2) is 0 Å². The standard InChI is InChI=1S/C20H20F2N4O2/c21-17-9-3-1-7-15(17)13-23-25-19(27)11-5-6-12-20(28)26-24-14-16-8-2-4-10-18(16)22/h1-4,7-10,13-14H,5-6,11-12H2,(H,25,27)(H,26,28). The highest BCUT2D eigenvalue weighted by Gasteiger charge is 2.04. The second kappa shape index (κ2) is 11.3. The first-order valence-corrected chi connectivity index (χ1v) is 8.69. The first-order chi connectivity index (χ1) is 13.6. The van der Waals surface area contributed by atoms with Gasteiger partial charge >= 0.3 is 0 Å². The van der Waals surface area contributed by atoms with Gasteiger partial charge in [0, 0.05) is 24.0 Å². The highest BCUT2D eigenvalue weighted by Crippen LogP contribution is 2.04. The average Bonchev–Trinajstić information content (AvgIpc) is 2.68. The van der Waals surface area contributed by atoms with Crippen molar-refractivity contribution in [1.82, 2.24) is 10.9 Å². The Morgan fingerprint density at radius 3 is 1.54 bits per heavy atom. The summed E-state index contributed by atoms with van der Waals surface area (Å²) in [6.07, 6.45) is 3.78. The molecule has 2 N–H and O–H groups in total. The molecule has 0 aliphatic heterocycles. The lowest BCUT2D eigenvalue weighted by atomic mass is 10.2.